The van der Waals surface area contributed by atoms with Crippen LogP contribution in [-0.2, 0) is 25.6 Å². The van der Waals surface area contributed by atoms with E-state index in [1.807, 2.05) is 30.3 Å². The van der Waals surface area contributed by atoms with Gasteiger partial charge in [-0.05, 0) is 5.56 Å². The van der Waals surface area contributed by atoms with Crippen molar-refractivity contribution in [3.05, 3.63) is 35.9 Å². The third kappa shape index (κ3) is 3.90. The molecule has 1 aromatic rings. The van der Waals surface area contributed by atoms with Gasteiger partial charge in [-0.25, -0.2) is 0 Å². The average Bonchev–Trinajstić information content (AvgIpc) is 2.49. The largest absolute Gasteiger partial charge is 0.373 e. The minimum absolute atomic E-state index is 0.0126. The van der Waals surface area contributed by atoms with Crippen molar-refractivity contribution in [1.82, 2.24) is 0 Å². The normalized spacial score (nSPS) is 28.2. The van der Waals surface area contributed by atoms with Crippen LogP contribution in [0.2, 0.25) is 0 Å². The number of carbonyl (C=O) groups is 1. The molecule has 1 heterocycles. The Morgan fingerprint density at radius 2 is 2.05 bits per heavy atom. The number of ether oxygens (including phenoxy) is 3. The third-order valence-electron chi connectivity index (χ3n) is 4.25. The molecule has 2 rings (SSSR count). The van der Waals surface area contributed by atoms with Gasteiger partial charge in [0.05, 0.1) is 18.8 Å². The second-order valence-electron chi connectivity index (χ2n) is 6.03. The summed E-state index contributed by atoms with van der Waals surface area (Å²) in [6.07, 6.45) is 1.42. The summed E-state index contributed by atoms with van der Waals surface area (Å²) in [6.45, 7) is 4.73. The summed E-state index contributed by atoms with van der Waals surface area (Å²) in [6, 6.07) is 10.1. The van der Waals surface area contributed by atoms with Gasteiger partial charge in [0.1, 0.15) is 6.29 Å². The highest BCUT2D eigenvalue weighted by Gasteiger charge is 2.45. The topological polar surface area (TPSA) is 44.8 Å². The summed E-state index contributed by atoms with van der Waals surface area (Å²) in [4.78, 5) is 10.9. The number of methoxy groups -OCH3 is 1. The van der Waals surface area contributed by atoms with Crippen LogP contribution in [0.25, 0.3) is 0 Å². The van der Waals surface area contributed by atoms with Crippen LogP contribution in [-0.4, -0.2) is 31.9 Å². The first-order valence-corrected chi connectivity index (χ1v) is 7.35. The Bertz CT molecular complexity index is 443. The van der Waals surface area contributed by atoms with Crippen LogP contribution in [0, 0.1) is 5.41 Å². The minimum Gasteiger partial charge on any atom is -0.373 e. The molecule has 1 aliphatic rings. The lowest BCUT2D eigenvalue weighted by Gasteiger charge is -2.46. The zero-order valence-electron chi connectivity index (χ0n) is 13.0. The predicted octanol–water partition coefficient (Wildman–Crippen LogP) is 2.95. The quantitative estimate of drug-likeness (QED) is 0.756. The molecule has 1 aliphatic heterocycles. The number of benzene rings is 1. The molecule has 116 valence electrons. The number of hydrogen-bond donors (Lipinski definition) is 0. The molecule has 0 spiro atoms. The van der Waals surface area contributed by atoms with Crippen molar-refractivity contribution in [2.24, 2.45) is 5.41 Å². The van der Waals surface area contributed by atoms with Gasteiger partial charge < -0.3 is 19.0 Å². The van der Waals surface area contributed by atoms with Gasteiger partial charge in [-0.15, -0.1) is 0 Å². The summed E-state index contributed by atoms with van der Waals surface area (Å²) >= 11 is 0. The molecule has 3 atom stereocenters. The Balaban J connectivity index is 2.05. The molecule has 1 fully saturated rings. The van der Waals surface area contributed by atoms with Crippen molar-refractivity contribution in [3.63, 3.8) is 0 Å². The van der Waals surface area contributed by atoms with Gasteiger partial charge in [0.2, 0.25) is 0 Å². The van der Waals surface area contributed by atoms with Crippen LogP contribution in [0.3, 0.4) is 0 Å². The van der Waals surface area contributed by atoms with Crippen LogP contribution in [0.4, 0.5) is 0 Å². The minimum atomic E-state index is -0.316. The highest BCUT2D eigenvalue weighted by atomic mass is 16.7. The highest BCUT2D eigenvalue weighted by molar-refractivity contribution is 5.50. The zero-order chi connectivity index (χ0) is 15.3. The van der Waals surface area contributed by atoms with E-state index in [4.69, 9.17) is 14.2 Å². The first-order valence-electron chi connectivity index (χ1n) is 7.35. The average molecular weight is 292 g/mol. The molecule has 4 nitrogen and oxygen atoms in total. The van der Waals surface area contributed by atoms with Gasteiger partial charge >= 0.3 is 0 Å². The molecule has 0 amide bonds. The zero-order valence-corrected chi connectivity index (χ0v) is 13.0. The summed E-state index contributed by atoms with van der Waals surface area (Å²) in [7, 11) is 1.62. The van der Waals surface area contributed by atoms with Gasteiger partial charge in [-0.1, -0.05) is 44.2 Å². The lowest BCUT2D eigenvalue weighted by atomic mass is 9.76. The van der Waals surface area contributed by atoms with Crippen LogP contribution < -0.4 is 0 Å². The Kier molecular flexibility index (Phi) is 5.51. The first kappa shape index (κ1) is 16.1. The molecule has 0 saturated carbocycles. The van der Waals surface area contributed by atoms with Gasteiger partial charge in [0.15, 0.2) is 6.29 Å². The molecule has 0 unspecified atom stereocenters. The molecule has 1 saturated heterocycles. The molecule has 1 aromatic carbocycles. The summed E-state index contributed by atoms with van der Waals surface area (Å²) in [5.74, 6) is 0. The summed E-state index contributed by atoms with van der Waals surface area (Å²) < 4.78 is 17.3. The first-order chi connectivity index (χ1) is 10.1. The van der Waals surface area contributed by atoms with Crippen molar-refractivity contribution < 1.29 is 19.0 Å². The van der Waals surface area contributed by atoms with Crippen LogP contribution >= 0.6 is 0 Å². The van der Waals surface area contributed by atoms with Crippen molar-refractivity contribution in [2.45, 2.75) is 51.8 Å². The summed E-state index contributed by atoms with van der Waals surface area (Å²) in [5, 5.41) is 0. The molecule has 0 aliphatic carbocycles. The Labute approximate surface area is 126 Å². The molecule has 4 heteroatoms. The third-order valence-corrected chi connectivity index (χ3v) is 4.25. The number of aldehydes is 1. The lowest BCUT2D eigenvalue weighted by molar-refractivity contribution is -0.259. The van der Waals surface area contributed by atoms with Crippen LogP contribution in [0.1, 0.15) is 32.3 Å². The maximum Gasteiger partial charge on any atom is 0.160 e. The fraction of sp³-hybridized carbons (Fsp3) is 0.588. The Morgan fingerprint density at radius 3 is 2.67 bits per heavy atom. The molecule has 0 N–H and O–H groups in total. The summed E-state index contributed by atoms with van der Waals surface area (Å²) in [5.41, 5.74) is 0.908. The van der Waals surface area contributed by atoms with Crippen LogP contribution in [0.5, 0.6) is 0 Å². The van der Waals surface area contributed by atoms with E-state index in [0.717, 1.165) is 11.8 Å². The van der Waals surface area contributed by atoms with Gasteiger partial charge in [-0.2, -0.15) is 0 Å². The van der Waals surface area contributed by atoms with E-state index in [1.165, 1.54) is 0 Å². The standard InChI is InChI=1S/C17H24O4/c1-17(2)14(9-10-18)21-16(19-3)11-15(17)20-12-13-7-5-4-6-8-13/h4-8,10,14-16H,9,11-12H2,1-3H3/t14-,15-,16-/m1/s1. The van der Waals surface area contributed by atoms with E-state index in [1.54, 1.807) is 7.11 Å². The Hall–Kier alpha value is -1.23. The van der Waals surface area contributed by atoms with Crippen molar-refractivity contribution in [2.75, 3.05) is 7.11 Å². The van der Waals surface area contributed by atoms with Gasteiger partial charge in [-0.3, -0.25) is 0 Å². The molecular formula is C17H24O4. The number of hydrogen-bond acceptors (Lipinski definition) is 4. The van der Waals surface area contributed by atoms with E-state index < -0.39 is 0 Å². The molecular weight excluding hydrogens is 268 g/mol. The Morgan fingerprint density at radius 1 is 1.33 bits per heavy atom. The molecule has 0 bridgehead atoms. The predicted molar refractivity (Wildman–Crippen MR) is 79.8 cm³/mol. The maximum absolute atomic E-state index is 10.9. The monoisotopic (exact) mass is 292 g/mol. The maximum atomic E-state index is 10.9. The van der Waals surface area contributed by atoms with E-state index in [0.29, 0.717) is 19.4 Å². The van der Waals surface area contributed by atoms with E-state index in [-0.39, 0.29) is 23.9 Å². The molecule has 0 aromatic heterocycles. The van der Waals surface area contributed by atoms with Crippen molar-refractivity contribution >= 4 is 6.29 Å². The molecule has 21 heavy (non-hydrogen) atoms. The second kappa shape index (κ2) is 7.16. The van der Waals surface area contributed by atoms with Crippen molar-refractivity contribution in [1.29, 1.82) is 0 Å². The number of rotatable bonds is 6. The van der Waals surface area contributed by atoms with Crippen molar-refractivity contribution in [3.8, 4) is 0 Å². The van der Waals surface area contributed by atoms with E-state index in [2.05, 4.69) is 13.8 Å². The lowest BCUT2D eigenvalue weighted by Crippen LogP contribution is -2.52. The molecule has 0 radical (unpaired) electrons. The van der Waals surface area contributed by atoms with Gasteiger partial charge in [0.25, 0.3) is 0 Å². The van der Waals surface area contributed by atoms with Crippen LogP contribution in [0.15, 0.2) is 30.3 Å². The highest BCUT2D eigenvalue weighted by Crippen LogP contribution is 2.40. The van der Waals surface area contributed by atoms with E-state index >= 15 is 0 Å². The number of carbonyl (C=O) groups excluding carboxylic acids is 1. The SMILES string of the molecule is CO[C@H]1C[C@@H](OCc2ccccc2)C(C)(C)[C@@H](CC=O)O1. The van der Waals surface area contributed by atoms with E-state index in [9.17, 15) is 4.79 Å². The fourth-order valence-corrected chi connectivity index (χ4v) is 2.75. The smallest absolute Gasteiger partial charge is 0.160 e. The van der Waals surface area contributed by atoms with Gasteiger partial charge in [0, 0.05) is 25.4 Å². The fourth-order valence-electron chi connectivity index (χ4n) is 2.75. The second-order valence-corrected chi connectivity index (χ2v) is 6.03.